The molecule has 0 saturated heterocycles. The van der Waals surface area contributed by atoms with Crippen LogP contribution < -0.4 is 5.32 Å². The number of rotatable bonds is 8. The fourth-order valence-electron chi connectivity index (χ4n) is 2.26. The van der Waals surface area contributed by atoms with Crippen LogP contribution in [0, 0.1) is 10.1 Å². The molecule has 0 aliphatic rings. The van der Waals surface area contributed by atoms with Crippen LogP contribution in [0.3, 0.4) is 0 Å². The molecule has 6 heteroatoms. The van der Waals surface area contributed by atoms with Crippen LogP contribution in [0.25, 0.3) is 0 Å². The number of nitrogens with one attached hydrogen (secondary N) is 1. The van der Waals surface area contributed by atoms with Crippen LogP contribution >= 0.6 is 0 Å². The third kappa shape index (κ3) is 4.82. The third-order valence-electron chi connectivity index (χ3n) is 3.51. The first-order valence-electron chi connectivity index (χ1n) is 7.25. The Labute approximate surface area is 125 Å². The number of para-hydroxylation sites is 1. The van der Waals surface area contributed by atoms with Gasteiger partial charge in [0.1, 0.15) is 0 Å². The Morgan fingerprint density at radius 3 is 2.52 bits per heavy atom. The highest BCUT2D eigenvalue weighted by Crippen LogP contribution is 2.24. The summed E-state index contributed by atoms with van der Waals surface area (Å²) < 4.78 is 0. The van der Waals surface area contributed by atoms with Crippen molar-refractivity contribution in [2.45, 2.75) is 33.2 Å². The average molecular weight is 293 g/mol. The van der Waals surface area contributed by atoms with Crippen molar-refractivity contribution in [2.75, 3.05) is 19.6 Å². The molecule has 116 valence electrons. The van der Waals surface area contributed by atoms with Gasteiger partial charge in [-0.3, -0.25) is 14.9 Å². The molecule has 0 spiro atoms. The summed E-state index contributed by atoms with van der Waals surface area (Å²) in [4.78, 5) is 24.3. The standard InChI is InChI=1S/C15H23N3O3/c1-4-17(5-2)15(19)10-11-16-12(3)13-8-6-7-9-14(13)18(20)21/h6-9,12,16H,4-5,10-11H2,1-3H3. The van der Waals surface area contributed by atoms with Crippen LogP contribution in [-0.2, 0) is 4.79 Å². The zero-order valence-electron chi connectivity index (χ0n) is 12.8. The van der Waals surface area contributed by atoms with E-state index < -0.39 is 0 Å². The van der Waals surface area contributed by atoms with E-state index in [4.69, 9.17) is 0 Å². The normalized spacial score (nSPS) is 12.0. The number of amides is 1. The van der Waals surface area contributed by atoms with Crippen molar-refractivity contribution < 1.29 is 9.72 Å². The second-order valence-electron chi connectivity index (χ2n) is 4.81. The second-order valence-corrected chi connectivity index (χ2v) is 4.81. The lowest BCUT2D eigenvalue weighted by Gasteiger charge is -2.19. The van der Waals surface area contributed by atoms with Gasteiger partial charge in [0.2, 0.25) is 5.91 Å². The second kappa shape index (κ2) is 8.36. The van der Waals surface area contributed by atoms with E-state index in [2.05, 4.69) is 5.32 Å². The summed E-state index contributed by atoms with van der Waals surface area (Å²) in [7, 11) is 0. The van der Waals surface area contributed by atoms with E-state index in [0.717, 1.165) is 0 Å². The van der Waals surface area contributed by atoms with Crippen LogP contribution in [0.15, 0.2) is 24.3 Å². The first-order chi connectivity index (χ1) is 10.0. The predicted molar refractivity (Wildman–Crippen MR) is 82.1 cm³/mol. The highest BCUT2D eigenvalue weighted by Gasteiger charge is 2.18. The Kier molecular flexibility index (Phi) is 6.81. The number of carbonyl (C=O) groups excluding carboxylic acids is 1. The summed E-state index contributed by atoms with van der Waals surface area (Å²) in [6.07, 6.45) is 0.395. The van der Waals surface area contributed by atoms with Crippen molar-refractivity contribution in [2.24, 2.45) is 0 Å². The summed E-state index contributed by atoms with van der Waals surface area (Å²) in [5.74, 6) is 0.0993. The summed E-state index contributed by atoms with van der Waals surface area (Å²) >= 11 is 0. The number of nitro benzene ring substituents is 1. The van der Waals surface area contributed by atoms with Crippen LogP contribution in [0.5, 0.6) is 0 Å². The van der Waals surface area contributed by atoms with E-state index in [0.29, 0.717) is 31.6 Å². The molecular formula is C15H23N3O3. The van der Waals surface area contributed by atoms with Gasteiger partial charge in [-0.05, 0) is 20.8 Å². The number of hydrogen-bond donors (Lipinski definition) is 1. The number of benzene rings is 1. The third-order valence-corrected chi connectivity index (χ3v) is 3.51. The van der Waals surface area contributed by atoms with Gasteiger partial charge in [-0.2, -0.15) is 0 Å². The van der Waals surface area contributed by atoms with Crippen molar-refractivity contribution >= 4 is 11.6 Å². The Morgan fingerprint density at radius 1 is 1.33 bits per heavy atom. The zero-order chi connectivity index (χ0) is 15.8. The molecule has 1 atom stereocenters. The van der Waals surface area contributed by atoms with Crippen LogP contribution in [0.1, 0.15) is 38.8 Å². The minimum atomic E-state index is -0.380. The van der Waals surface area contributed by atoms with E-state index >= 15 is 0 Å². The minimum absolute atomic E-state index is 0.0993. The van der Waals surface area contributed by atoms with Gasteiger partial charge in [0.15, 0.2) is 0 Å². The highest BCUT2D eigenvalue weighted by molar-refractivity contribution is 5.76. The van der Waals surface area contributed by atoms with Crippen molar-refractivity contribution in [3.8, 4) is 0 Å². The highest BCUT2D eigenvalue weighted by atomic mass is 16.6. The number of carbonyl (C=O) groups is 1. The largest absolute Gasteiger partial charge is 0.343 e. The van der Waals surface area contributed by atoms with E-state index in [1.165, 1.54) is 6.07 Å². The van der Waals surface area contributed by atoms with Crippen LogP contribution in [0.2, 0.25) is 0 Å². The number of nitrogens with zero attached hydrogens (tertiary/aromatic N) is 2. The van der Waals surface area contributed by atoms with Gasteiger partial charge >= 0.3 is 0 Å². The molecule has 6 nitrogen and oxygen atoms in total. The molecule has 0 radical (unpaired) electrons. The topological polar surface area (TPSA) is 75.5 Å². The smallest absolute Gasteiger partial charge is 0.274 e. The van der Waals surface area contributed by atoms with Gasteiger partial charge in [0.05, 0.1) is 4.92 Å². The van der Waals surface area contributed by atoms with Gasteiger partial charge < -0.3 is 10.2 Å². The molecule has 1 rings (SSSR count). The lowest BCUT2D eigenvalue weighted by molar-refractivity contribution is -0.385. The molecule has 1 N–H and O–H groups in total. The van der Waals surface area contributed by atoms with Crippen molar-refractivity contribution in [1.82, 2.24) is 10.2 Å². The molecule has 0 aliphatic heterocycles. The van der Waals surface area contributed by atoms with Gasteiger partial charge in [0.25, 0.3) is 5.69 Å². The molecular weight excluding hydrogens is 270 g/mol. The summed E-state index contributed by atoms with van der Waals surface area (Å²) in [6, 6.07) is 6.49. The predicted octanol–water partition coefficient (Wildman–Crippen LogP) is 2.50. The Bertz CT molecular complexity index is 487. The van der Waals surface area contributed by atoms with E-state index in [-0.39, 0.29) is 22.6 Å². The quantitative estimate of drug-likeness (QED) is 0.590. The summed E-state index contributed by atoms with van der Waals surface area (Å²) in [5.41, 5.74) is 0.741. The molecule has 0 fully saturated rings. The SMILES string of the molecule is CCN(CC)C(=O)CCNC(C)c1ccccc1[N+](=O)[O-]. The molecule has 0 aromatic heterocycles. The van der Waals surface area contributed by atoms with Crippen LogP contribution in [0.4, 0.5) is 5.69 Å². The lowest BCUT2D eigenvalue weighted by atomic mass is 10.1. The fraction of sp³-hybridized carbons (Fsp3) is 0.533. The van der Waals surface area contributed by atoms with E-state index in [1.807, 2.05) is 20.8 Å². The van der Waals surface area contributed by atoms with Crippen LogP contribution in [-0.4, -0.2) is 35.4 Å². The maximum absolute atomic E-state index is 11.9. The first-order valence-corrected chi connectivity index (χ1v) is 7.25. The van der Waals surface area contributed by atoms with Crippen molar-refractivity contribution in [3.05, 3.63) is 39.9 Å². The van der Waals surface area contributed by atoms with Gasteiger partial charge in [-0.1, -0.05) is 18.2 Å². The zero-order valence-corrected chi connectivity index (χ0v) is 12.8. The maximum Gasteiger partial charge on any atom is 0.274 e. The Hall–Kier alpha value is -1.95. The van der Waals surface area contributed by atoms with E-state index in [9.17, 15) is 14.9 Å². The Balaban J connectivity index is 2.57. The molecule has 0 saturated carbocycles. The Morgan fingerprint density at radius 2 is 1.95 bits per heavy atom. The molecule has 21 heavy (non-hydrogen) atoms. The molecule has 1 aromatic carbocycles. The molecule has 1 unspecified atom stereocenters. The monoisotopic (exact) mass is 293 g/mol. The maximum atomic E-state index is 11.9. The van der Waals surface area contributed by atoms with Crippen molar-refractivity contribution in [1.29, 1.82) is 0 Å². The summed E-state index contributed by atoms with van der Waals surface area (Å²) in [5, 5.41) is 14.2. The minimum Gasteiger partial charge on any atom is -0.343 e. The lowest BCUT2D eigenvalue weighted by Crippen LogP contribution is -2.33. The first kappa shape index (κ1) is 17.1. The molecule has 1 aromatic rings. The molecule has 0 aliphatic carbocycles. The molecule has 1 amide bonds. The number of nitro groups is 1. The number of hydrogen-bond acceptors (Lipinski definition) is 4. The average Bonchev–Trinajstić information content (AvgIpc) is 2.48. The molecule has 0 heterocycles. The summed E-state index contributed by atoms with van der Waals surface area (Å²) in [6.45, 7) is 7.67. The van der Waals surface area contributed by atoms with Gasteiger partial charge in [0, 0.05) is 43.7 Å². The fourth-order valence-corrected chi connectivity index (χ4v) is 2.26. The van der Waals surface area contributed by atoms with Gasteiger partial charge in [-0.25, -0.2) is 0 Å². The van der Waals surface area contributed by atoms with Gasteiger partial charge in [-0.15, -0.1) is 0 Å². The van der Waals surface area contributed by atoms with E-state index in [1.54, 1.807) is 23.1 Å². The molecule has 0 bridgehead atoms. The van der Waals surface area contributed by atoms with Crippen molar-refractivity contribution in [3.63, 3.8) is 0 Å².